The number of hydrogen-bond donors (Lipinski definition) is 1. The molecule has 2 bridgehead atoms. The van der Waals surface area contributed by atoms with Gasteiger partial charge in [-0.2, -0.15) is 0 Å². The molecule has 1 aromatic carbocycles. The zero-order valence-corrected chi connectivity index (χ0v) is 14.3. The summed E-state index contributed by atoms with van der Waals surface area (Å²) in [6, 6.07) is 9.23. The van der Waals surface area contributed by atoms with Crippen molar-refractivity contribution >= 4 is 12.4 Å². The van der Waals surface area contributed by atoms with Gasteiger partial charge in [0.05, 0.1) is 7.11 Å². The molecule has 3 fully saturated rings. The summed E-state index contributed by atoms with van der Waals surface area (Å²) in [5, 5.41) is 3.86. The lowest BCUT2D eigenvalue weighted by Gasteiger charge is -2.39. The molecule has 0 amide bonds. The molecular formula is C19H28ClNO. The molecule has 0 radical (unpaired) electrons. The summed E-state index contributed by atoms with van der Waals surface area (Å²) in [4.78, 5) is 0. The third-order valence-corrected chi connectivity index (χ3v) is 6.38. The summed E-state index contributed by atoms with van der Waals surface area (Å²) in [6.07, 6.45) is 8.93. The van der Waals surface area contributed by atoms with Crippen LogP contribution in [0, 0.1) is 23.7 Å². The van der Waals surface area contributed by atoms with Gasteiger partial charge >= 0.3 is 0 Å². The van der Waals surface area contributed by atoms with Gasteiger partial charge in [0.15, 0.2) is 0 Å². The molecule has 0 heterocycles. The molecule has 3 aliphatic carbocycles. The lowest BCUT2D eigenvalue weighted by molar-refractivity contribution is 0.129. The van der Waals surface area contributed by atoms with Gasteiger partial charge in [0, 0.05) is 12.6 Å². The topological polar surface area (TPSA) is 21.3 Å². The molecule has 3 aliphatic rings. The second kappa shape index (κ2) is 6.80. The molecule has 1 aromatic rings. The molecule has 3 saturated carbocycles. The Morgan fingerprint density at radius 1 is 1.09 bits per heavy atom. The van der Waals surface area contributed by atoms with Crippen molar-refractivity contribution < 1.29 is 4.74 Å². The van der Waals surface area contributed by atoms with E-state index in [4.69, 9.17) is 4.74 Å². The second-order valence-corrected chi connectivity index (χ2v) is 7.35. The van der Waals surface area contributed by atoms with Crippen LogP contribution >= 0.6 is 12.4 Å². The maximum absolute atomic E-state index is 5.32. The highest BCUT2D eigenvalue weighted by atomic mass is 35.5. The van der Waals surface area contributed by atoms with Gasteiger partial charge in [-0.05, 0) is 67.1 Å². The Bertz CT molecular complexity index is 506. The Labute approximate surface area is 140 Å². The predicted molar refractivity (Wildman–Crippen MR) is 92.5 cm³/mol. The van der Waals surface area contributed by atoms with Gasteiger partial charge in [-0.1, -0.05) is 25.0 Å². The molecule has 0 saturated heterocycles. The fourth-order valence-electron chi connectivity index (χ4n) is 5.50. The molecule has 4 rings (SSSR count). The molecule has 5 unspecified atom stereocenters. The van der Waals surface area contributed by atoms with Gasteiger partial charge < -0.3 is 10.1 Å². The highest BCUT2D eigenvalue weighted by Crippen LogP contribution is 2.57. The number of benzene rings is 1. The predicted octanol–water partition coefficient (Wildman–Crippen LogP) is 4.42. The van der Waals surface area contributed by atoms with Gasteiger partial charge in [-0.3, -0.25) is 0 Å². The highest BCUT2D eigenvalue weighted by molar-refractivity contribution is 5.85. The van der Waals surface area contributed by atoms with E-state index >= 15 is 0 Å². The number of methoxy groups -OCH3 is 1. The van der Waals surface area contributed by atoms with E-state index in [0.717, 1.165) is 42.0 Å². The van der Waals surface area contributed by atoms with Crippen LogP contribution in [0.5, 0.6) is 5.75 Å². The van der Waals surface area contributed by atoms with Crippen LogP contribution in [0.15, 0.2) is 24.3 Å². The third-order valence-electron chi connectivity index (χ3n) is 6.38. The maximum Gasteiger partial charge on any atom is 0.119 e. The van der Waals surface area contributed by atoms with Crippen LogP contribution in [0.2, 0.25) is 0 Å². The standard InChI is InChI=1S/C19H27NO.ClH/c1-21-15-6-4-5-13(9-15)12-20-19-11-14-10-18(19)17-8-3-2-7-16(14)17;/h4-6,9,14,16-20H,2-3,7-8,10-12H2,1H3;1H. The van der Waals surface area contributed by atoms with Gasteiger partial charge in [0.1, 0.15) is 5.75 Å². The Morgan fingerprint density at radius 3 is 2.73 bits per heavy atom. The molecule has 0 aromatic heterocycles. The van der Waals surface area contributed by atoms with Crippen LogP contribution < -0.4 is 10.1 Å². The Balaban J connectivity index is 0.00000144. The molecule has 5 atom stereocenters. The number of hydrogen-bond acceptors (Lipinski definition) is 2. The number of rotatable bonds is 4. The molecule has 1 N–H and O–H groups in total. The molecular weight excluding hydrogens is 294 g/mol. The number of fused-ring (bicyclic) bond motifs is 5. The van der Waals surface area contributed by atoms with Crippen molar-refractivity contribution in [1.29, 1.82) is 0 Å². The number of nitrogens with one attached hydrogen (secondary N) is 1. The fraction of sp³-hybridized carbons (Fsp3) is 0.684. The van der Waals surface area contributed by atoms with Crippen LogP contribution in [0.4, 0.5) is 0 Å². The van der Waals surface area contributed by atoms with Crippen LogP contribution in [-0.4, -0.2) is 13.2 Å². The van der Waals surface area contributed by atoms with Gasteiger partial charge in [0.2, 0.25) is 0 Å². The van der Waals surface area contributed by atoms with Gasteiger partial charge in [0.25, 0.3) is 0 Å². The SMILES string of the molecule is COc1cccc(CNC2CC3CC2C2CCCCC32)c1.Cl. The van der Waals surface area contributed by atoms with E-state index in [-0.39, 0.29) is 12.4 Å². The van der Waals surface area contributed by atoms with Gasteiger partial charge in [-0.25, -0.2) is 0 Å². The average Bonchev–Trinajstić information content (AvgIpc) is 3.12. The summed E-state index contributed by atoms with van der Waals surface area (Å²) in [7, 11) is 1.74. The van der Waals surface area contributed by atoms with Crippen LogP contribution in [0.1, 0.15) is 44.1 Å². The molecule has 0 aliphatic heterocycles. The highest BCUT2D eigenvalue weighted by Gasteiger charge is 2.52. The second-order valence-electron chi connectivity index (χ2n) is 7.35. The van der Waals surface area contributed by atoms with E-state index in [2.05, 4.69) is 23.5 Å². The van der Waals surface area contributed by atoms with Crippen LogP contribution in [0.25, 0.3) is 0 Å². The first-order valence-corrected chi connectivity index (χ1v) is 8.71. The fourth-order valence-corrected chi connectivity index (χ4v) is 5.50. The quantitative estimate of drug-likeness (QED) is 0.886. The van der Waals surface area contributed by atoms with Crippen LogP contribution in [0.3, 0.4) is 0 Å². The van der Waals surface area contributed by atoms with Crippen molar-refractivity contribution in [2.24, 2.45) is 23.7 Å². The molecule has 2 nitrogen and oxygen atoms in total. The summed E-state index contributed by atoms with van der Waals surface area (Å²) in [5.41, 5.74) is 1.34. The van der Waals surface area contributed by atoms with E-state index in [9.17, 15) is 0 Å². The average molecular weight is 322 g/mol. The summed E-state index contributed by atoms with van der Waals surface area (Å²) in [5.74, 6) is 5.09. The monoisotopic (exact) mass is 321 g/mol. The summed E-state index contributed by atoms with van der Waals surface area (Å²) < 4.78 is 5.32. The van der Waals surface area contributed by atoms with E-state index in [1.165, 1.54) is 44.1 Å². The van der Waals surface area contributed by atoms with Crippen molar-refractivity contribution in [2.45, 2.75) is 51.1 Å². The zero-order valence-electron chi connectivity index (χ0n) is 13.5. The molecule has 3 heteroatoms. The molecule has 22 heavy (non-hydrogen) atoms. The Hall–Kier alpha value is -0.730. The van der Waals surface area contributed by atoms with E-state index in [0.29, 0.717) is 0 Å². The minimum Gasteiger partial charge on any atom is -0.497 e. The van der Waals surface area contributed by atoms with Crippen molar-refractivity contribution in [3.05, 3.63) is 29.8 Å². The van der Waals surface area contributed by atoms with Crippen molar-refractivity contribution in [3.8, 4) is 5.75 Å². The van der Waals surface area contributed by atoms with Crippen molar-refractivity contribution in [2.75, 3.05) is 7.11 Å². The maximum atomic E-state index is 5.32. The summed E-state index contributed by atoms with van der Waals surface area (Å²) >= 11 is 0. The van der Waals surface area contributed by atoms with Crippen molar-refractivity contribution in [1.82, 2.24) is 5.32 Å². The Morgan fingerprint density at radius 2 is 1.91 bits per heavy atom. The number of halogens is 1. The lowest BCUT2D eigenvalue weighted by Crippen LogP contribution is -2.41. The van der Waals surface area contributed by atoms with Gasteiger partial charge in [-0.15, -0.1) is 12.4 Å². The van der Waals surface area contributed by atoms with E-state index in [1.807, 2.05) is 6.07 Å². The largest absolute Gasteiger partial charge is 0.497 e. The van der Waals surface area contributed by atoms with E-state index in [1.54, 1.807) is 7.11 Å². The zero-order chi connectivity index (χ0) is 14.2. The minimum atomic E-state index is 0. The normalized spacial score (nSPS) is 35.8. The first-order valence-electron chi connectivity index (χ1n) is 8.71. The lowest BCUT2D eigenvalue weighted by atomic mass is 9.69. The third kappa shape index (κ3) is 2.88. The van der Waals surface area contributed by atoms with E-state index < -0.39 is 0 Å². The van der Waals surface area contributed by atoms with Crippen LogP contribution in [-0.2, 0) is 6.54 Å². The first-order chi connectivity index (χ1) is 10.3. The number of ether oxygens (including phenoxy) is 1. The van der Waals surface area contributed by atoms with Crippen molar-refractivity contribution in [3.63, 3.8) is 0 Å². The minimum absolute atomic E-state index is 0. The Kier molecular flexibility index (Phi) is 4.99. The smallest absolute Gasteiger partial charge is 0.119 e. The first kappa shape index (κ1) is 16.1. The summed E-state index contributed by atoms with van der Waals surface area (Å²) in [6.45, 7) is 0.989. The molecule has 0 spiro atoms. The molecule has 122 valence electrons.